The molecular formula is C35H30N4. The van der Waals surface area contributed by atoms with E-state index >= 15 is 0 Å². The fraction of sp³-hybridized carbons (Fsp3) is 0.114. The number of H-pyrrole nitrogens is 1. The molecule has 1 N–H and O–H groups in total. The van der Waals surface area contributed by atoms with Crippen molar-refractivity contribution in [1.29, 1.82) is 0 Å². The van der Waals surface area contributed by atoms with E-state index in [-0.39, 0.29) is 0 Å². The SMILES string of the molecule is C=C1c2ccccc2N(CCc2cccnc2)c2cc3c(cc21)N(CCc1ccc[nH]1)c1ccccc1C3=C. The third-order valence-electron chi connectivity index (χ3n) is 8.00. The molecule has 7 rings (SSSR count). The maximum atomic E-state index is 4.59. The van der Waals surface area contributed by atoms with Crippen molar-refractivity contribution in [3.63, 3.8) is 0 Å². The topological polar surface area (TPSA) is 35.2 Å². The second-order valence-corrected chi connectivity index (χ2v) is 10.2. The number of fused-ring (bicyclic) bond motifs is 4. The van der Waals surface area contributed by atoms with E-state index in [1.54, 1.807) is 0 Å². The van der Waals surface area contributed by atoms with Crippen LogP contribution in [0.1, 0.15) is 33.5 Å². The molecule has 0 fully saturated rings. The average Bonchev–Trinajstić information content (AvgIpc) is 3.51. The van der Waals surface area contributed by atoms with Gasteiger partial charge in [0.25, 0.3) is 0 Å². The monoisotopic (exact) mass is 506 g/mol. The third-order valence-corrected chi connectivity index (χ3v) is 8.00. The molecule has 4 heteroatoms. The quantitative estimate of drug-likeness (QED) is 0.254. The molecule has 2 aliphatic rings. The first kappa shape index (κ1) is 23.3. The summed E-state index contributed by atoms with van der Waals surface area (Å²) in [5.41, 5.74) is 14.1. The lowest BCUT2D eigenvalue weighted by Crippen LogP contribution is -2.28. The van der Waals surface area contributed by atoms with Crippen molar-refractivity contribution in [2.75, 3.05) is 22.9 Å². The molecule has 5 aromatic rings. The molecule has 190 valence electrons. The predicted molar refractivity (Wildman–Crippen MR) is 162 cm³/mol. The number of para-hydroxylation sites is 2. The third kappa shape index (κ3) is 3.96. The number of nitrogens with one attached hydrogen (secondary N) is 1. The Bertz CT molecular complexity index is 1700. The lowest BCUT2D eigenvalue weighted by Gasteiger charge is -2.39. The van der Waals surface area contributed by atoms with Gasteiger partial charge >= 0.3 is 0 Å². The number of benzene rings is 3. The zero-order valence-corrected chi connectivity index (χ0v) is 21.9. The lowest BCUT2D eigenvalue weighted by atomic mass is 9.85. The van der Waals surface area contributed by atoms with Crippen molar-refractivity contribution in [1.82, 2.24) is 9.97 Å². The van der Waals surface area contributed by atoms with Gasteiger partial charge in [0.15, 0.2) is 0 Å². The molecule has 2 aromatic heterocycles. The van der Waals surface area contributed by atoms with Gasteiger partial charge in [-0.15, -0.1) is 0 Å². The number of anilines is 4. The van der Waals surface area contributed by atoms with Gasteiger partial charge in [-0.05, 0) is 65.6 Å². The van der Waals surface area contributed by atoms with Crippen molar-refractivity contribution in [3.05, 3.63) is 150 Å². The Balaban J connectivity index is 1.35. The van der Waals surface area contributed by atoms with E-state index in [2.05, 4.69) is 112 Å². The molecule has 4 nitrogen and oxygen atoms in total. The zero-order valence-electron chi connectivity index (χ0n) is 21.9. The minimum absolute atomic E-state index is 0.849. The van der Waals surface area contributed by atoms with Crippen LogP contribution in [0.2, 0.25) is 0 Å². The first-order valence-electron chi connectivity index (χ1n) is 13.5. The summed E-state index contributed by atoms with van der Waals surface area (Å²) in [5, 5.41) is 0. The molecule has 39 heavy (non-hydrogen) atoms. The van der Waals surface area contributed by atoms with Gasteiger partial charge in [0.2, 0.25) is 0 Å². The van der Waals surface area contributed by atoms with Crippen molar-refractivity contribution < 1.29 is 0 Å². The second-order valence-electron chi connectivity index (χ2n) is 10.2. The molecule has 0 atom stereocenters. The number of aromatic nitrogens is 2. The summed E-state index contributed by atoms with van der Waals surface area (Å²) in [6.07, 6.45) is 7.61. The summed E-state index contributed by atoms with van der Waals surface area (Å²) in [7, 11) is 0. The number of nitrogens with zero attached hydrogens (tertiary/aromatic N) is 3. The van der Waals surface area contributed by atoms with Crippen LogP contribution in [0.3, 0.4) is 0 Å². The van der Waals surface area contributed by atoms with Crippen LogP contribution in [0, 0.1) is 0 Å². The summed E-state index contributed by atoms with van der Waals surface area (Å²) in [4.78, 5) is 12.6. The summed E-state index contributed by atoms with van der Waals surface area (Å²) in [6.45, 7) is 10.9. The summed E-state index contributed by atoms with van der Waals surface area (Å²) < 4.78 is 0. The van der Waals surface area contributed by atoms with Crippen LogP contribution in [0.15, 0.2) is 117 Å². The number of pyridine rings is 1. The van der Waals surface area contributed by atoms with E-state index in [0.29, 0.717) is 0 Å². The Morgan fingerprint density at radius 2 is 1.23 bits per heavy atom. The number of aromatic amines is 1. The molecule has 0 amide bonds. The van der Waals surface area contributed by atoms with Crippen LogP contribution < -0.4 is 9.80 Å². The largest absolute Gasteiger partial charge is 0.365 e. The van der Waals surface area contributed by atoms with Gasteiger partial charge in [0.05, 0.1) is 0 Å². The molecule has 0 saturated heterocycles. The van der Waals surface area contributed by atoms with E-state index in [9.17, 15) is 0 Å². The van der Waals surface area contributed by atoms with E-state index in [1.165, 1.54) is 56.3 Å². The molecule has 2 aliphatic heterocycles. The van der Waals surface area contributed by atoms with Crippen LogP contribution in [0.4, 0.5) is 22.7 Å². The Labute approximate surface area is 229 Å². The van der Waals surface area contributed by atoms with Gasteiger partial charge in [0.1, 0.15) is 0 Å². The lowest BCUT2D eigenvalue weighted by molar-refractivity contribution is 0.881. The van der Waals surface area contributed by atoms with Crippen LogP contribution in [-0.2, 0) is 12.8 Å². The summed E-state index contributed by atoms with van der Waals surface area (Å²) >= 11 is 0. The van der Waals surface area contributed by atoms with Gasteiger partial charge in [-0.25, -0.2) is 0 Å². The van der Waals surface area contributed by atoms with Gasteiger partial charge in [0, 0.05) is 88.8 Å². The van der Waals surface area contributed by atoms with Gasteiger partial charge in [-0.2, -0.15) is 0 Å². The van der Waals surface area contributed by atoms with Crippen molar-refractivity contribution in [2.45, 2.75) is 12.8 Å². The predicted octanol–water partition coefficient (Wildman–Crippen LogP) is 7.92. The average molecular weight is 507 g/mol. The minimum Gasteiger partial charge on any atom is -0.365 e. The molecule has 0 saturated carbocycles. The molecular weight excluding hydrogens is 476 g/mol. The Hall–Kier alpha value is -4.83. The van der Waals surface area contributed by atoms with Crippen LogP contribution in [0.5, 0.6) is 0 Å². The van der Waals surface area contributed by atoms with Crippen molar-refractivity contribution in [2.24, 2.45) is 0 Å². The molecule has 0 unspecified atom stereocenters. The van der Waals surface area contributed by atoms with E-state index in [0.717, 1.165) is 37.1 Å². The number of hydrogen-bond donors (Lipinski definition) is 1. The van der Waals surface area contributed by atoms with Crippen LogP contribution in [0.25, 0.3) is 11.1 Å². The smallest absolute Gasteiger partial charge is 0.0498 e. The first-order chi connectivity index (χ1) is 19.2. The highest BCUT2D eigenvalue weighted by Gasteiger charge is 2.31. The molecule has 0 bridgehead atoms. The molecule has 0 aliphatic carbocycles. The first-order valence-corrected chi connectivity index (χ1v) is 13.5. The second kappa shape index (κ2) is 9.48. The highest BCUT2D eigenvalue weighted by atomic mass is 15.2. The minimum atomic E-state index is 0.849. The molecule has 0 spiro atoms. The highest BCUT2D eigenvalue weighted by Crippen LogP contribution is 2.51. The van der Waals surface area contributed by atoms with Gasteiger partial charge in [-0.3, -0.25) is 4.98 Å². The van der Waals surface area contributed by atoms with Crippen molar-refractivity contribution in [3.8, 4) is 0 Å². The highest BCUT2D eigenvalue weighted by molar-refractivity contribution is 6.04. The maximum absolute atomic E-state index is 4.59. The van der Waals surface area contributed by atoms with Crippen molar-refractivity contribution >= 4 is 33.9 Å². The zero-order chi connectivity index (χ0) is 26.3. The molecule has 0 radical (unpaired) electrons. The Morgan fingerprint density at radius 3 is 1.79 bits per heavy atom. The normalized spacial score (nSPS) is 13.5. The molecule has 3 aromatic carbocycles. The van der Waals surface area contributed by atoms with E-state index in [1.807, 2.05) is 24.7 Å². The summed E-state index contributed by atoms with van der Waals surface area (Å²) in [6, 6.07) is 30.3. The number of hydrogen-bond acceptors (Lipinski definition) is 3. The fourth-order valence-corrected chi connectivity index (χ4v) is 6.01. The Morgan fingerprint density at radius 1 is 0.615 bits per heavy atom. The van der Waals surface area contributed by atoms with Crippen LogP contribution in [-0.4, -0.2) is 23.1 Å². The standard InChI is InChI=1S/C35H30N4/c1-24-28-11-3-5-13-32(28)38(19-15-26-9-7-17-36-23-26)34-21-31-25(2)29-12-4-6-14-33(29)39(35(31)22-30(24)34)20-16-27-10-8-18-37-27/h3-14,17-18,21-23,37H,1-2,15-16,19-20H2. The van der Waals surface area contributed by atoms with Gasteiger partial charge in [-0.1, -0.05) is 55.6 Å². The molecule has 4 heterocycles. The summed E-state index contributed by atoms with van der Waals surface area (Å²) in [5.74, 6) is 0. The van der Waals surface area contributed by atoms with Crippen LogP contribution >= 0.6 is 0 Å². The fourth-order valence-electron chi connectivity index (χ4n) is 6.01. The maximum Gasteiger partial charge on any atom is 0.0498 e. The van der Waals surface area contributed by atoms with Gasteiger partial charge < -0.3 is 14.8 Å². The van der Waals surface area contributed by atoms with E-state index in [4.69, 9.17) is 0 Å². The number of rotatable bonds is 6. The Kier molecular flexibility index (Phi) is 5.66. The van der Waals surface area contributed by atoms with E-state index < -0.39 is 0 Å².